The molecule has 3 nitrogen and oxygen atoms in total. The van der Waals surface area contributed by atoms with E-state index in [0.29, 0.717) is 5.56 Å². The number of rotatable bonds is 6. The van der Waals surface area contributed by atoms with E-state index in [2.05, 4.69) is 13.8 Å². The Balaban J connectivity index is 0.00000361. The smallest absolute Gasteiger partial charge is 0.253 e. The summed E-state index contributed by atoms with van der Waals surface area (Å²) in [6.45, 7) is 6.17. The molecule has 1 aromatic carbocycles. The van der Waals surface area contributed by atoms with E-state index in [1.54, 1.807) is 12.1 Å². The van der Waals surface area contributed by atoms with Crippen LogP contribution in [-0.4, -0.2) is 35.4 Å². The molecule has 2 N–H and O–H groups in total. The zero-order chi connectivity index (χ0) is 14.4. The van der Waals surface area contributed by atoms with E-state index < -0.39 is 0 Å². The molecule has 5 heteroatoms. The lowest BCUT2D eigenvalue weighted by Crippen LogP contribution is -2.35. The van der Waals surface area contributed by atoms with E-state index in [0.717, 1.165) is 29.2 Å². The van der Waals surface area contributed by atoms with Gasteiger partial charge in [-0.1, -0.05) is 6.92 Å². The van der Waals surface area contributed by atoms with Gasteiger partial charge in [-0.25, -0.2) is 0 Å². The van der Waals surface area contributed by atoms with Gasteiger partial charge in [0.25, 0.3) is 5.91 Å². The number of carbonyl (C=O) groups excluding carboxylic acids is 1. The summed E-state index contributed by atoms with van der Waals surface area (Å²) < 4.78 is 0. The molecule has 1 amide bonds. The molecule has 0 fully saturated rings. The highest BCUT2D eigenvalue weighted by Crippen LogP contribution is 2.16. The molecular formula is C15H25ClN2OS. The lowest BCUT2D eigenvalue weighted by Gasteiger charge is -2.25. The molecule has 0 aromatic heterocycles. The van der Waals surface area contributed by atoms with Crippen LogP contribution in [0.25, 0.3) is 0 Å². The van der Waals surface area contributed by atoms with Gasteiger partial charge in [-0.2, -0.15) is 11.8 Å². The van der Waals surface area contributed by atoms with E-state index >= 15 is 0 Å². The molecule has 0 spiro atoms. The van der Waals surface area contributed by atoms with Gasteiger partial charge in [0.2, 0.25) is 0 Å². The summed E-state index contributed by atoms with van der Waals surface area (Å²) in [5.74, 6) is 2.29. The highest BCUT2D eigenvalue weighted by atomic mass is 35.5. The molecule has 20 heavy (non-hydrogen) atoms. The predicted molar refractivity (Wildman–Crippen MR) is 92.0 cm³/mol. The lowest BCUT2D eigenvalue weighted by atomic mass is 10.1. The van der Waals surface area contributed by atoms with Crippen LogP contribution in [0, 0.1) is 6.92 Å². The first kappa shape index (κ1) is 19.1. The SMILES string of the molecule is CCSCCC(C)N(C)C(=O)c1ccc(N)c(C)c1.Cl. The third-order valence-corrected chi connectivity index (χ3v) is 4.31. The Kier molecular flexibility index (Phi) is 8.74. The third-order valence-electron chi connectivity index (χ3n) is 3.38. The molecule has 114 valence electrons. The second kappa shape index (κ2) is 9.14. The van der Waals surface area contributed by atoms with Crippen molar-refractivity contribution in [3.63, 3.8) is 0 Å². The number of nitrogens with zero attached hydrogens (tertiary/aromatic N) is 1. The highest BCUT2D eigenvalue weighted by Gasteiger charge is 2.17. The van der Waals surface area contributed by atoms with Crippen molar-refractivity contribution in [1.29, 1.82) is 0 Å². The number of aryl methyl sites for hydroxylation is 1. The zero-order valence-corrected chi connectivity index (χ0v) is 14.3. The van der Waals surface area contributed by atoms with Gasteiger partial charge in [-0.15, -0.1) is 12.4 Å². The van der Waals surface area contributed by atoms with Gasteiger partial charge in [0.15, 0.2) is 0 Å². The molecule has 0 aliphatic heterocycles. The van der Waals surface area contributed by atoms with E-state index in [1.807, 2.05) is 36.7 Å². The number of hydrogen-bond donors (Lipinski definition) is 1. The van der Waals surface area contributed by atoms with Crippen molar-refractivity contribution in [1.82, 2.24) is 4.90 Å². The standard InChI is InChI=1S/C15H24N2OS.ClH/c1-5-19-9-8-12(3)17(4)15(18)13-6-7-14(16)11(2)10-13;/h6-7,10,12H,5,8-9,16H2,1-4H3;1H. The molecule has 1 atom stereocenters. The summed E-state index contributed by atoms with van der Waals surface area (Å²) in [7, 11) is 1.87. The van der Waals surface area contributed by atoms with Crippen LogP contribution in [0.1, 0.15) is 36.2 Å². The monoisotopic (exact) mass is 316 g/mol. The number of benzene rings is 1. The number of thioether (sulfide) groups is 1. The molecule has 1 unspecified atom stereocenters. The molecule has 1 aromatic rings. The molecule has 0 saturated carbocycles. The molecule has 0 heterocycles. The Morgan fingerprint density at radius 1 is 1.45 bits per heavy atom. The average Bonchev–Trinajstić information content (AvgIpc) is 2.40. The maximum absolute atomic E-state index is 12.4. The Hall–Kier alpha value is -0.870. The fourth-order valence-electron chi connectivity index (χ4n) is 1.80. The average molecular weight is 317 g/mol. The maximum Gasteiger partial charge on any atom is 0.253 e. The van der Waals surface area contributed by atoms with Crippen molar-refractivity contribution < 1.29 is 4.79 Å². The van der Waals surface area contributed by atoms with E-state index in [-0.39, 0.29) is 24.4 Å². The maximum atomic E-state index is 12.4. The minimum atomic E-state index is 0. The normalized spacial score (nSPS) is 11.6. The summed E-state index contributed by atoms with van der Waals surface area (Å²) in [4.78, 5) is 14.2. The van der Waals surface area contributed by atoms with E-state index in [4.69, 9.17) is 5.73 Å². The number of amides is 1. The molecule has 0 aliphatic carbocycles. The number of nitrogen functional groups attached to an aromatic ring is 1. The van der Waals surface area contributed by atoms with Crippen LogP contribution < -0.4 is 5.73 Å². The van der Waals surface area contributed by atoms with Crippen molar-refractivity contribution in [2.75, 3.05) is 24.3 Å². The Morgan fingerprint density at radius 3 is 2.65 bits per heavy atom. The number of halogens is 1. The van der Waals surface area contributed by atoms with Crippen LogP contribution in [0.4, 0.5) is 5.69 Å². The van der Waals surface area contributed by atoms with Crippen LogP contribution in [-0.2, 0) is 0 Å². The van der Waals surface area contributed by atoms with Crippen LogP contribution in [0.3, 0.4) is 0 Å². The predicted octanol–water partition coefficient (Wildman–Crippen LogP) is 3.60. The fraction of sp³-hybridized carbons (Fsp3) is 0.533. The van der Waals surface area contributed by atoms with E-state index in [9.17, 15) is 4.79 Å². The third kappa shape index (κ3) is 5.25. The van der Waals surface area contributed by atoms with Gasteiger partial charge >= 0.3 is 0 Å². The Morgan fingerprint density at radius 2 is 2.10 bits per heavy atom. The van der Waals surface area contributed by atoms with Crippen molar-refractivity contribution in [2.24, 2.45) is 0 Å². The topological polar surface area (TPSA) is 46.3 Å². The van der Waals surface area contributed by atoms with Gasteiger partial charge < -0.3 is 10.6 Å². The van der Waals surface area contributed by atoms with Crippen LogP contribution in [0.15, 0.2) is 18.2 Å². The largest absolute Gasteiger partial charge is 0.399 e. The number of carbonyl (C=O) groups is 1. The second-order valence-corrected chi connectivity index (χ2v) is 6.22. The quantitative estimate of drug-likeness (QED) is 0.644. The Labute approximate surface area is 132 Å². The van der Waals surface area contributed by atoms with Crippen LogP contribution in [0.2, 0.25) is 0 Å². The highest BCUT2D eigenvalue weighted by molar-refractivity contribution is 7.99. The van der Waals surface area contributed by atoms with Crippen molar-refractivity contribution in [3.05, 3.63) is 29.3 Å². The summed E-state index contributed by atoms with van der Waals surface area (Å²) in [5.41, 5.74) is 8.17. The first-order valence-electron chi connectivity index (χ1n) is 6.68. The summed E-state index contributed by atoms with van der Waals surface area (Å²) in [6, 6.07) is 5.72. The number of nitrogens with two attached hydrogens (primary N) is 1. The minimum Gasteiger partial charge on any atom is -0.399 e. The van der Waals surface area contributed by atoms with Gasteiger partial charge in [-0.05, 0) is 55.5 Å². The summed E-state index contributed by atoms with van der Waals surface area (Å²) >= 11 is 1.91. The van der Waals surface area contributed by atoms with Crippen molar-refractivity contribution in [2.45, 2.75) is 33.2 Å². The van der Waals surface area contributed by atoms with Gasteiger partial charge in [0.05, 0.1) is 0 Å². The first-order valence-corrected chi connectivity index (χ1v) is 7.83. The zero-order valence-electron chi connectivity index (χ0n) is 12.7. The molecular weight excluding hydrogens is 292 g/mol. The Bertz CT molecular complexity index is 440. The first-order chi connectivity index (χ1) is 8.97. The number of hydrogen-bond acceptors (Lipinski definition) is 3. The van der Waals surface area contributed by atoms with Crippen LogP contribution in [0.5, 0.6) is 0 Å². The molecule has 0 aliphatic rings. The molecule has 0 saturated heterocycles. The molecule has 0 bridgehead atoms. The van der Waals surface area contributed by atoms with Gasteiger partial charge in [0, 0.05) is 24.3 Å². The van der Waals surface area contributed by atoms with Crippen molar-refractivity contribution >= 4 is 35.8 Å². The van der Waals surface area contributed by atoms with Gasteiger partial charge in [0.1, 0.15) is 0 Å². The summed E-state index contributed by atoms with van der Waals surface area (Å²) in [5, 5.41) is 0. The summed E-state index contributed by atoms with van der Waals surface area (Å²) in [6.07, 6.45) is 1.02. The van der Waals surface area contributed by atoms with E-state index in [1.165, 1.54) is 0 Å². The number of anilines is 1. The molecule has 0 radical (unpaired) electrons. The lowest BCUT2D eigenvalue weighted by molar-refractivity contribution is 0.0741. The molecule has 1 rings (SSSR count). The van der Waals surface area contributed by atoms with Gasteiger partial charge in [-0.3, -0.25) is 4.79 Å². The van der Waals surface area contributed by atoms with Crippen LogP contribution >= 0.6 is 24.2 Å². The van der Waals surface area contributed by atoms with Crippen molar-refractivity contribution in [3.8, 4) is 0 Å². The fourth-order valence-corrected chi connectivity index (χ4v) is 2.60. The second-order valence-electron chi connectivity index (χ2n) is 4.82. The minimum absolute atomic E-state index is 0.